The van der Waals surface area contributed by atoms with Crippen LogP contribution < -0.4 is 15.8 Å². The highest BCUT2D eigenvalue weighted by atomic mass is 19.1. The monoisotopic (exact) mass is 420 g/mol. The fraction of sp³-hybridized carbons (Fsp3) is 0.292. The van der Waals surface area contributed by atoms with Gasteiger partial charge in [0.2, 0.25) is 5.91 Å². The van der Waals surface area contributed by atoms with Crippen LogP contribution >= 0.6 is 0 Å². The molecule has 2 aromatic carbocycles. The fourth-order valence-electron chi connectivity index (χ4n) is 3.92. The van der Waals surface area contributed by atoms with Crippen LogP contribution in [0.4, 0.5) is 10.2 Å². The number of halogens is 1. The number of nitrogens with one attached hydrogen (secondary N) is 1. The minimum Gasteiger partial charge on any atom is -0.354 e. The maximum atomic E-state index is 13.6. The van der Waals surface area contributed by atoms with E-state index in [2.05, 4.69) is 16.5 Å². The normalized spacial score (nSPS) is 16.2. The van der Waals surface area contributed by atoms with E-state index in [1.165, 1.54) is 22.9 Å². The van der Waals surface area contributed by atoms with Crippen molar-refractivity contribution < 1.29 is 9.18 Å². The zero-order chi connectivity index (χ0) is 21.8. The van der Waals surface area contributed by atoms with Crippen LogP contribution in [0, 0.1) is 18.7 Å². The lowest BCUT2D eigenvalue weighted by molar-refractivity contribution is -0.125. The van der Waals surface area contributed by atoms with Crippen molar-refractivity contribution in [1.29, 1.82) is 0 Å². The minimum atomic E-state index is -0.431. The molecule has 31 heavy (non-hydrogen) atoms. The molecule has 0 spiro atoms. The van der Waals surface area contributed by atoms with Gasteiger partial charge in [-0.1, -0.05) is 35.9 Å². The van der Waals surface area contributed by atoms with Gasteiger partial charge in [0.15, 0.2) is 0 Å². The Morgan fingerprint density at radius 2 is 2.00 bits per heavy atom. The van der Waals surface area contributed by atoms with Crippen LogP contribution in [-0.2, 0) is 11.3 Å². The van der Waals surface area contributed by atoms with Gasteiger partial charge in [-0.2, -0.15) is 4.68 Å². The molecule has 160 valence electrons. The molecule has 1 atom stereocenters. The number of rotatable bonds is 5. The van der Waals surface area contributed by atoms with E-state index in [9.17, 15) is 14.0 Å². The Morgan fingerprint density at radius 3 is 2.81 bits per heavy atom. The second-order valence-corrected chi connectivity index (χ2v) is 7.91. The van der Waals surface area contributed by atoms with Crippen molar-refractivity contribution in [3.05, 3.63) is 88.0 Å². The first-order valence-electron chi connectivity index (χ1n) is 10.4. The Balaban J connectivity index is 1.46. The van der Waals surface area contributed by atoms with Crippen molar-refractivity contribution in [1.82, 2.24) is 15.1 Å². The number of hydrogen-bond donors (Lipinski definition) is 1. The summed E-state index contributed by atoms with van der Waals surface area (Å²) in [4.78, 5) is 27.0. The molecular weight excluding hydrogens is 395 g/mol. The number of nitrogens with zero attached hydrogens (tertiary/aromatic N) is 3. The molecule has 1 fully saturated rings. The Morgan fingerprint density at radius 1 is 1.16 bits per heavy atom. The lowest BCUT2D eigenvalue weighted by Crippen LogP contribution is -2.43. The standard InChI is InChI=1S/C24H25FN4O2/c1-17-5-2-6-18(13-17)15-26-24(31)19-7-4-12-28(16-19)22-10-11-23(30)29(27-22)21-9-3-8-20(25)14-21/h2-3,5-6,8-11,13-14,19H,4,7,12,15-16H2,1H3,(H,26,31). The van der Waals surface area contributed by atoms with E-state index in [0.29, 0.717) is 24.6 Å². The molecule has 2 heterocycles. The van der Waals surface area contributed by atoms with Crippen LogP contribution in [0.15, 0.2) is 65.5 Å². The third-order valence-electron chi connectivity index (χ3n) is 5.50. The van der Waals surface area contributed by atoms with E-state index in [4.69, 9.17) is 0 Å². The number of carbonyl (C=O) groups excluding carboxylic acids is 1. The summed E-state index contributed by atoms with van der Waals surface area (Å²) >= 11 is 0. The summed E-state index contributed by atoms with van der Waals surface area (Å²) in [5.41, 5.74) is 2.27. The lowest BCUT2D eigenvalue weighted by Gasteiger charge is -2.33. The van der Waals surface area contributed by atoms with Crippen molar-refractivity contribution in [2.75, 3.05) is 18.0 Å². The predicted molar refractivity (Wildman–Crippen MR) is 118 cm³/mol. The van der Waals surface area contributed by atoms with Gasteiger partial charge < -0.3 is 10.2 Å². The maximum absolute atomic E-state index is 13.6. The van der Waals surface area contributed by atoms with Crippen molar-refractivity contribution in [3.8, 4) is 5.69 Å². The number of amides is 1. The van der Waals surface area contributed by atoms with Gasteiger partial charge in [0.25, 0.3) is 5.56 Å². The summed E-state index contributed by atoms with van der Waals surface area (Å²) in [7, 11) is 0. The Labute approximate surface area is 180 Å². The summed E-state index contributed by atoms with van der Waals surface area (Å²) in [6, 6.07) is 16.9. The molecule has 1 amide bonds. The lowest BCUT2D eigenvalue weighted by atomic mass is 9.97. The Kier molecular flexibility index (Phi) is 6.11. The first-order chi connectivity index (χ1) is 15.0. The van der Waals surface area contributed by atoms with Crippen molar-refractivity contribution in [2.24, 2.45) is 5.92 Å². The van der Waals surface area contributed by atoms with Crippen LogP contribution in [0.3, 0.4) is 0 Å². The summed E-state index contributed by atoms with van der Waals surface area (Å²) < 4.78 is 14.8. The van der Waals surface area contributed by atoms with E-state index >= 15 is 0 Å². The number of carbonyl (C=O) groups is 1. The first kappa shape index (κ1) is 20.8. The number of benzene rings is 2. The second-order valence-electron chi connectivity index (χ2n) is 7.91. The quantitative estimate of drug-likeness (QED) is 0.688. The van der Waals surface area contributed by atoms with Crippen LogP contribution in [0.5, 0.6) is 0 Å². The molecule has 1 aromatic heterocycles. The fourth-order valence-corrected chi connectivity index (χ4v) is 3.92. The largest absolute Gasteiger partial charge is 0.354 e. The van der Waals surface area contributed by atoms with Crippen molar-refractivity contribution >= 4 is 11.7 Å². The zero-order valence-corrected chi connectivity index (χ0v) is 17.4. The average molecular weight is 420 g/mol. The number of piperidine rings is 1. The summed E-state index contributed by atoms with van der Waals surface area (Å²) in [5.74, 6) is 0.0273. The Hall–Kier alpha value is -3.48. The van der Waals surface area contributed by atoms with Gasteiger partial charge in [-0.3, -0.25) is 9.59 Å². The van der Waals surface area contributed by atoms with Crippen molar-refractivity contribution in [3.63, 3.8) is 0 Å². The molecule has 7 heteroatoms. The molecule has 3 aromatic rings. The van der Waals surface area contributed by atoms with E-state index in [1.54, 1.807) is 18.2 Å². The molecule has 4 rings (SSSR count). The summed E-state index contributed by atoms with van der Waals surface area (Å²) in [5, 5.41) is 7.47. The van der Waals surface area contributed by atoms with Gasteiger partial charge in [-0.25, -0.2) is 4.39 Å². The van der Waals surface area contributed by atoms with E-state index in [-0.39, 0.29) is 17.4 Å². The number of aromatic nitrogens is 2. The van der Waals surface area contributed by atoms with Crippen molar-refractivity contribution in [2.45, 2.75) is 26.3 Å². The van der Waals surface area contributed by atoms with Crippen LogP contribution in [0.25, 0.3) is 5.69 Å². The van der Waals surface area contributed by atoms with Gasteiger partial charge in [0.1, 0.15) is 11.6 Å². The molecule has 1 unspecified atom stereocenters. The molecule has 1 saturated heterocycles. The van der Waals surface area contributed by atoms with E-state index in [1.807, 2.05) is 30.0 Å². The second kappa shape index (κ2) is 9.12. The zero-order valence-electron chi connectivity index (χ0n) is 17.4. The van der Waals surface area contributed by atoms with Gasteiger partial charge >= 0.3 is 0 Å². The van der Waals surface area contributed by atoms with E-state index in [0.717, 1.165) is 30.5 Å². The first-order valence-corrected chi connectivity index (χ1v) is 10.4. The SMILES string of the molecule is Cc1cccc(CNC(=O)C2CCCN(c3ccc(=O)n(-c4cccc(F)c4)n3)C2)c1. The summed E-state index contributed by atoms with van der Waals surface area (Å²) in [6.07, 6.45) is 1.66. The van der Waals surface area contributed by atoms with Crippen LogP contribution in [-0.4, -0.2) is 28.8 Å². The highest BCUT2D eigenvalue weighted by Crippen LogP contribution is 2.22. The molecular formula is C24H25FN4O2. The van der Waals surface area contributed by atoms with E-state index < -0.39 is 5.82 Å². The minimum absolute atomic E-state index is 0.0182. The Bertz CT molecular complexity index is 1140. The maximum Gasteiger partial charge on any atom is 0.271 e. The highest BCUT2D eigenvalue weighted by molar-refractivity contribution is 5.79. The molecule has 1 aliphatic heterocycles. The van der Waals surface area contributed by atoms with Crippen LogP contribution in [0.1, 0.15) is 24.0 Å². The molecule has 1 N–H and O–H groups in total. The third-order valence-corrected chi connectivity index (χ3v) is 5.50. The number of hydrogen-bond acceptors (Lipinski definition) is 4. The van der Waals surface area contributed by atoms with Gasteiger partial charge in [0.05, 0.1) is 11.6 Å². The predicted octanol–water partition coefficient (Wildman–Crippen LogP) is 3.21. The van der Waals surface area contributed by atoms with Gasteiger partial charge in [-0.15, -0.1) is 5.10 Å². The molecule has 0 aliphatic carbocycles. The third kappa shape index (κ3) is 4.99. The van der Waals surface area contributed by atoms with Crippen LogP contribution in [0.2, 0.25) is 0 Å². The smallest absolute Gasteiger partial charge is 0.271 e. The molecule has 0 radical (unpaired) electrons. The molecule has 0 saturated carbocycles. The molecule has 0 bridgehead atoms. The highest BCUT2D eigenvalue weighted by Gasteiger charge is 2.26. The topological polar surface area (TPSA) is 67.2 Å². The molecule has 1 aliphatic rings. The molecule has 6 nitrogen and oxygen atoms in total. The van der Waals surface area contributed by atoms with Gasteiger partial charge in [0, 0.05) is 25.7 Å². The average Bonchev–Trinajstić information content (AvgIpc) is 2.78. The number of aryl methyl sites for hydroxylation is 1. The summed E-state index contributed by atoms with van der Waals surface area (Å²) in [6.45, 7) is 3.80. The number of anilines is 1. The van der Waals surface area contributed by atoms with Gasteiger partial charge in [-0.05, 0) is 49.6 Å².